The van der Waals surface area contributed by atoms with E-state index in [-0.39, 0.29) is 36.7 Å². The van der Waals surface area contributed by atoms with Crippen molar-refractivity contribution in [2.45, 2.75) is 19.5 Å². The average Bonchev–Trinajstić information content (AvgIpc) is 2.41. The highest BCUT2D eigenvalue weighted by atomic mass is 19.4. The van der Waals surface area contributed by atoms with Gasteiger partial charge in [0.1, 0.15) is 18.2 Å². The lowest BCUT2D eigenvalue weighted by Crippen LogP contribution is -2.18. The van der Waals surface area contributed by atoms with Crippen LogP contribution in [-0.4, -0.2) is 36.9 Å². The van der Waals surface area contributed by atoms with E-state index in [0.717, 1.165) is 6.07 Å². The molecule has 0 radical (unpaired) electrons. The van der Waals surface area contributed by atoms with Gasteiger partial charge in [-0.2, -0.15) is 13.2 Å². The smallest absolute Gasteiger partial charge is 0.411 e. The van der Waals surface area contributed by atoms with Crippen molar-refractivity contribution >= 4 is 5.71 Å². The van der Waals surface area contributed by atoms with Crippen molar-refractivity contribution in [2.24, 2.45) is 5.16 Å². The van der Waals surface area contributed by atoms with Crippen LogP contribution in [-0.2, 0) is 4.74 Å². The summed E-state index contributed by atoms with van der Waals surface area (Å²) >= 11 is 0. The highest BCUT2D eigenvalue weighted by Gasteiger charge is 2.27. The molecular weight excluding hydrogens is 294 g/mol. The van der Waals surface area contributed by atoms with E-state index in [9.17, 15) is 17.6 Å². The Balaban J connectivity index is 2.45. The van der Waals surface area contributed by atoms with E-state index in [2.05, 4.69) is 9.89 Å². The van der Waals surface area contributed by atoms with Gasteiger partial charge in [0.25, 0.3) is 0 Å². The molecule has 0 heterocycles. The summed E-state index contributed by atoms with van der Waals surface area (Å²) in [6, 6.07) is 3.67. The first-order valence-electron chi connectivity index (χ1n) is 6.09. The second-order valence-electron chi connectivity index (χ2n) is 4.20. The molecule has 1 aromatic rings. The zero-order valence-electron chi connectivity index (χ0n) is 11.3. The number of nitrogens with zero attached hydrogens (tertiary/aromatic N) is 1. The predicted octanol–water partition coefficient (Wildman–Crippen LogP) is 3.37. The molecule has 21 heavy (non-hydrogen) atoms. The Morgan fingerprint density at radius 2 is 2.00 bits per heavy atom. The standard InChI is InChI=1S/C13H15F4NO3/c1-9(18-19)11-7-10(14)3-4-12(11)21-6-2-5-20-8-13(15,16)17/h3-4,7,19H,2,5-6,8H2,1H3/b18-9-. The summed E-state index contributed by atoms with van der Waals surface area (Å²) in [5, 5.41) is 11.7. The Morgan fingerprint density at radius 1 is 1.29 bits per heavy atom. The third kappa shape index (κ3) is 6.44. The van der Waals surface area contributed by atoms with Crippen molar-refractivity contribution in [3.05, 3.63) is 29.6 Å². The van der Waals surface area contributed by atoms with Crippen LogP contribution >= 0.6 is 0 Å². The molecule has 0 aliphatic rings. The third-order valence-electron chi connectivity index (χ3n) is 2.44. The molecule has 0 amide bonds. The van der Waals surface area contributed by atoms with Gasteiger partial charge in [-0.1, -0.05) is 5.16 Å². The zero-order valence-corrected chi connectivity index (χ0v) is 11.3. The van der Waals surface area contributed by atoms with Crippen LogP contribution in [0.3, 0.4) is 0 Å². The van der Waals surface area contributed by atoms with Crippen LogP contribution < -0.4 is 4.74 Å². The molecule has 0 aromatic heterocycles. The summed E-state index contributed by atoms with van der Waals surface area (Å²) in [6.07, 6.45) is -4.11. The number of halogens is 4. The minimum absolute atomic E-state index is 0.0925. The molecule has 4 nitrogen and oxygen atoms in total. The van der Waals surface area contributed by atoms with E-state index >= 15 is 0 Å². The number of rotatable bonds is 7. The fraction of sp³-hybridized carbons (Fsp3) is 0.462. The zero-order chi connectivity index (χ0) is 15.9. The third-order valence-corrected chi connectivity index (χ3v) is 2.44. The van der Waals surface area contributed by atoms with E-state index in [0.29, 0.717) is 0 Å². The van der Waals surface area contributed by atoms with E-state index in [1.165, 1.54) is 19.1 Å². The van der Waals surface area contributed by atoms with Gasteiger partial charge in [0, 0.05) is 12.0 Å². The maximum absolute atomic E-state index is 13.1. The first kappa shape index (κ1) is 17.2. The fourth-order valence-electron chi connectivity index (χ4n) is 1.50. The minimum atomic E-state index is -4.35. The maximum atomic E-state index is 13.1. The highest BCUT2D eigenvalue weighted by molar-refractivity contribution is 6.00. The number of hydrogen-bond donors (Lipinski definition) is 1. The summed E-state index contributed by atoms with van der Waals surface area (Å²) in [5.74, 6) is -0.239. The lowest BCUT2D eigenvalue weighted by Gasteiger charge is -2.11. The lowest BCUT2D eigenvalue weighted by molar-refractivity contribution is -0.174. The number of oxime groups is 1. The van der Waals surface area contributed by atoms with Gasteiger partial charge >= 0.3 is 6.18 Å². The quantitative estimate of drug-likeness (QED) is 0.276. The SMILES string of the molecule is C/C(=N/O)c1cc(F)ccc1OCCCOCC(F)(F)F. The molecule has 0 bridgehead atoms. The molecule has 0 fully saturated rings. The summed E-state index contributed by atoms with van der Waals surface area (Å²) < 4.78 is 58.3. The van der Waals surface area contributed by atoms with E-state index < -0.39 is 18.6 Å². The highest BCUT2D eigenvalue weighted by Crippen LogP contribution is 2.21. The van der Waals surface area contributed by atoms with E-state index in [1.807, 2.05) is 0 Å². The van der Waals surface area contributed by atoms with Crippen molar-refractivity contribution in [1.29, 1.82) is 0 Å². The molecule has 1 rings (SSSR count). The van der Waals surface area contributed by atoms with Gasteiger partial charge < -0.3 is 14.7 Å². The van der Waals surface area contributed by atoms with Crippen molar-refractivity contribution in [2.75, 3.05) is 19.8 Å². The molecule has 0 saturated carbocycles. The van der Waals surface area contributed by atoms with Crippen LogP contribution in [0.25, 0.3) is 0 Å². The Hall–Kier alpha value is -1.83. The summed E-state index contributed by atoms with van der Waals surface area (Å²) in [7, 11) is 0. The van der Waals surface area contributed by atoms with E-state index in [4.69, 9.17) is 9.94 Å². The van der Waals surface area contributed by atoms with Gasteiger partial charge in [0.2, 0.25) is 0 Å². The second-order valence-corrected chi connectivity index (χ2v) is 4.20. The summed E-state index contributed by atoms with van der Waals surface area (Å²) in [6.45, 7) is 0.150. The van der Waals surface area contributed by atoms with Crippen molar-refractivity contribution in [3.63, 3.8) is 0 Å². The molecule has 0 atom stereocenters. The van der Waals surface area contributed by atoms with Gasteiger partial charge in [-0.25, -0.2) is 4.39 Å². The number of ether oxygens (including phenoxy) is 2. The van der Waals surface area contributed by atoms with Crippen LogP contribution in [0.2, 0.25) is 0 Å². The molecule has 8 heteroatoms. The van der Waals surface area contributed by atoms with Crippen LogP contribution in [0.4, 0.5) is 17.6 Å². The first-order chi connectivity index (χ1) is 9.83. The Morgan fingerprint density at radius 3 is 2.62 bits per heavy atom. The molecule has 0 aliphatic heterocycles. The topological polar surface area (TPSA) is 51.1 Å². The predicted molar refractivity (Wildman–Crippen MR) is 67.4 cm³/mol. The Kier molecular flexibility index (Phi) is 6.41. The molecule has 0 spiro atoms. The van der Waals surface area contributed by atoms with Crippen molar-refractivity contribution in [1.82, 2.24) is 0 Å². The van der Waals surface area contributed by atoms with Gasteiger partial charge in [-0.15, -0.1) is 0 Å². The lowest BCUT2D eigenvalue weighted by atomic mass is 10.1. The van der Waals surface area contributed by atoms with Crippen LogP contribution in [0.1, 0.15) is 18.9 Å². The summed E-state index contributed by atoms with van der Waals surface area (Å²) in [5.41, 5.74) is 0.437. The van der Waals surface area contributed by atoms with Crippen LogP contribution in [0.15, 0.2) is 23.4 Å². The number of alkyl halides is 3. The fourth-order valence-corrected chi connectivity index (χ4v) is 1.50. The number of hydrogen-bond acceptors (Lipinski definition) is 4. The summed E-state index contributed by atoms with van der Waals surface area (Å²) in [4.78, 5) is 0. The van der Waals surface area contributed by atoms with Crippen LogP contribution in [0.5, 0.6) is 5.75 Å². The van der Waals surface area contributed by atoms with Crippen LogP contribution in [0, 0.1) is 5.82 Å². The Bertz CT molecular complexity index is 489. The molecule has 1 N–H and O–H groups in total. The minimum Gasteiger partial charge on any atom is -0.493 e. The first-order valence-corrected chi connectivity index (χ1v) is 6.09. The maximum Gasteiger partial charge on any atom is 0.411 e. The van der Waals surface area contributed by atoms with Gasteiger partial charge in [0.05, 0.1) is 18.9 Å². The monoisotopic (exact) mass is 309 g/mol. The van der Waals surface area contributed by atoms with Crippen molar-refractivity contribution < 1.29 is 32.2 Å². The average molecular weight is 309 g/mol. The largest absolute Gasteiger partial charge is 0.493 e. The second kappa shape index (κ2) is 7.82. The molecule has 0 saturated heterocycles. The molecule has 0 aliphatic carbocycles. The molecular formula is C13H15F4NO3. The normalized spacial score (nSPS) is 12.5. The molecule has 0 unspecified atom stereocenters. The van der Waals surface area contributed by atoms with Gasteiger partial charge in [-0.3, -0.25) is 0 Å². The number of benzene rings is 1. The van der Waals surface area contributed by atoms with Crippen molar-refractivity contribution in [3.8, 4) is 5.75 Å². The van der Waals surface area contributed by atoms with E-state index in [1.54, 1.807) is 0 Å². The van der Waals surface area contributed by atoms with Gasteiger partial charge in [0.15, 0.2) is 0 Å². The molecule has 1 aromatic carbocycles. The molecule has 118 valence electrons. The van der Waals surface area contributed by atoms with Gasteiger partial charge in [-0.05, 0) is 25.1 Å². The Labute approximate surface area is 119 Å².